The number of ether oxygens (including phenoxy) is 3. The number of rotatable bonds is 7. The molecule has 5 N–H and O–H groups in total. The Morgan fingerprint density at radius 2 is 1.79 bits per heavy atom. The van der Waals surface area contributed by atoms with E-state index in [1.165, 1.54) is 4.90 Å². The third-order valence-corrected chi connectivity index (χ3v) is 11.8. The molecular weight excluding hydrogens is 779 g/mol. The van der Waals surface area contributed by atoms with E-state index in [0.717, 1.165) is 12.6 Å². The van der Waals surface area contributed by atoms with Crippen LogP contribution in [0.25, 0.3) is 22.2 Å². The molecule has 3 unspecified atom stereocenters. The monoisotopic (exact) mass is 816 g/mol. The molecule has 2 aromatic heterocycles. The Morgan fingerprint density at radius 3 is 2.50 bits per heavy atom. The number of benzene rings is 1. The van der Waals surface area contributed by atoms with Crippen molar-refractivity contribution in [2.24, 2.45) is 0 Å². The van der Waals surface area contributed by atoms with Crippen molar-refractivity contribution >= 4 is 34.4 Å². The lowest BCUT2D eigenvalue weighted by Gasteiger charge is -2.42. The van der Waals surface area contributed by atoms with Crippen LogP contribution in [0.3, 0.4) is 0 Å². The second-order valence-corrected chi connectivity index (χ2v) is 15.4. The number of halogens is 6. The van der Waals surface area contributed by atoms with Gasteiger partial charge in [-0.05, 0) is 44.4 Å². The van der Waals surface area contributed by atoms with E-state index < -0.39 is 112 Å². The zero-order valence-corrected chi connectivity index (χ0v) is 30.2. The van der Waals surface area contributed by atoms with Crippen LogP contribution in [0.2, 0.25) is 5.02 Å². The van der Waals surface area contributed by atoms with Crippen molar-refractivity contribution < 1.29 is 66.5 Å². The minimum absolute atomic E-state index is 0.0157. The van der Waals surface area contributed by atoms with E-state index in [1.807, 2.05) is 4.90 Å². The molecule has 7 heterocycles. The molecule has 8 rings (SSSR count). The average Bonchev–Trinajstić information content (AvgIpc) is 3.76. The Kier molecular flexibility index (Phi) is 10.1. The van der Waals surface area contributed by atoms with Gasteiger partial charge in [0.05, 0.1) is 33.6 Å². The Bertz CT molecular complexity index is 2010. The maximum atomic E-state index is 16.7. The molecule has 1 aromatic carbocycles. The van der Waals surface area contributed by atoms with E-state index in [-0.39, 0.29) is 49.9 Å². The number of aliphatic hydroxyl groups excluding tert-OH is 4. The summed E-state index contributed by atoms with van der Waals surface area (Å²) in [4.78, 5) is 31.6. The summed E-state index contributed by atoms with van der Waals surface area (Å²) in [6.07, 6.45) is -11.4. The van der Waals surface area contributed by atoms with Crippen molar-refractivity contribution in [3.05, 3.63) is 34.7 Å². The second kappa shape index (κ2) is 14.5. The number of nitrogens with zero attached hydrogens (tertiary/aromatic N) is 6. The molecule has 2 bridgehead atoms. The molecule has 304 valence electrons. The van der Waals surface area contributed by atoms with Crippen molar-refractivity contribution in [1.29, 1.82) is 0 Å². The van der Waals surface area contributed by atoms with E-state index in [9.17, 15) is 47.9 Å². The first-order valence-electron chi connectivity index (χ1n) is 18.1. The SMILES string of the molecule is O=C(OC[C@H]1OC(O)[C@H](O)[C@@H](O)[C@H]1O)N1C2CCC1CN(c1nc(OC[C@@]34CCCN3C[C@H](F)C4)nc3c(F)c(-c4cc(O)cc(Cl)c4C(F)(F)F)ncc13)C2. The van der Waals surface area contributed by atoms with Crippen LogP contribution < -0.4 is 9.64 Å². The Hall–Kier alpha value is -3.92. The summed E-state index contributed by atoms with van der Waals surface area (Å²) in [6.45, 7) is 0.593. The number of aromatic nitrogens is 3. The van der Waals surface area contributed by atoms with Crippen LogP contribution in [-0.4, -0.2) is 150 Å². The number of anilines is 1. The third-order valence-electron chi connectivity index (χ3n) is 11.5. The van der Waals surface area contributed by atoms with Crippen LogP contribution in [0, 0.1) is 5.82 Å². The van der Waals surface area contributed by atoms with E-state index in [4.69, 9.17) is 25.8 Å². The van der Waals surface area contributed by atoms with Crippen molar-refractivity contribution in [3.63, 3.8) is 0 Å². The number of hydrogen-bond acceptors (Lipinski definition) is 14. The number of pyridine rings is 1. The first kappa shape index (κ1) is 38.9. The number of fused-ring (bicyclic) bond motifs is 4. The topological polar surface area (TPSA) is 194 Å². The van der Waals surface area contributed by atoms with Gasteiger partial charge in [0.15, 0.2) is 12.1 Å². The van der Waals surface area contributed by atoms with Crippen molar-refractivity contribution in [2.45, 2.75) is 92.8 Å². The Balaban J connectivity index is 1.11. The van der Waals surface area contributed by atoms with Gasteiger partial charge in [-0.1, -0.05) is 11.6 Å². The van der Waals surface area contributed by atoms with Crippen LogP contribution >= 0.6 is 11.6 Å². The third kappa shape index (κ3) is 6.81. The summed E-state index contributed by atoms with van der Waals surface area (Å²) < 4.78 is 90.5. The first-order chi connectivity index (χ1) is 26.5. The summed E-state index contributed by atoms with van der Waals surface area (Å²) in [5.74, 6) is -1.81. The molecular formula is C35H38ClF5N6O9. The summed E-state index contributed by atoms with van der Waals surface area (Å²) in [5, 5.41) is 49.2. The quantitative estimate of drug-likeness (QED) is 0.219. The summed E-state index contributed by atoms with van der Waals surface area (Å²) in [6, 6.07) is 0.131. The highest BCUT2D eigenvalue weighted by molar-refractivity contribution is 6.32. The number of phenols is 1. The Morgan fingerprint density at radius 1 is 1.05 bits per heavy atom. The summed E-state index contributed by atoms with van der Waals surface area (Å²) in [5.41, 5.74) is -4.09. The fourth-order valence-electron chi connectivity index (χ4n) is 8.90. The van der Waals surface area contributed by atoms with Gasteiger partial charge in [-0.3, -0.25) is 14.8 Å². The maximum absolute atomic E-state index is 16.7. The number of hydrogen-bond donors (Lipinski definition) is 5. The van der Waals surface area contributed by atoms with E-state index in [1.54, 1.807) is 4.90 Å². The lowest BCUT2D eigenvalue weighted by Crippen LogP contribution is -2.59. The number of alkyl halides is 4. The molecule has 0 spiro atoms. The lowest BCUT2D eigenvalue weighted by atomic mass is 9.95. The summed E-state index contributed by atoms with van der Waals surface area (Å²) >= 11 is 5.90. The molecule has 9 atom stereocenters. The zero-order chi connectivity index (χ0) is 39.8. The molecule has 5 saturated heterocycles. The fraction of sp³-hybridized carbons (Fsp3) is 0.600. The van der Waals surface area contributed by atoms with Gasteiger partial charge in [0.25, 0.3) is 0 Å². The number of piperazine rings is 1. The first-order valence-corrected chi connectivity index (χ1v) is 18.5. The highest BCUT2D eigenvalue weighted by Crippen LogP contribution is 2.46. The number of carbonyl (C=O) groups is 1. The average molecular weight is 817 g/mol. The Labute approximate surface area is 320 Å². The zero-order valence-electron chi connectivity index (χ0n) is 29.4. The fourth-order valence-corrected chi connectivity index (χ4v) is 9.22. The van der Waals surface area contributed by atoms with Crippen LogP contribution in [0.5, 0.6) is 11.8 Å². The summed E-state index contributed by atoms with van der Waals surface area (Å²) in [7, 11) is 0. The van der Waals surface area contributed by atoms with Gasteiger partial charge in [0.1, 0.15) is 66.6 Å². The van der Waals surface area contributed by atoms with Gasteiger partial charge in [0.2, 0.25) is 0 Å². The molecule has 5 fully saturated rings. The predicted octanol–water partition coefficient (Wildman–Crippen LogP) is 2.75. The lowest BCUT2D eigenvalue weighted by molar-refractivity contribution is -0.286. The van der Waals surface area contributed by atoms with Gasteiger partial charge < -0.3 is 44.6 Å². The molecule has 5 aliphatic heterocycles. The van der Waals surface area contributed by atoms with Crippen molar-refractivity contribution in [1.82, 2.24) is 24.8 Å². The number of aromatic hydroxyl groups is 1. The van der Waals surface area contributed by atoms with Gasteiger partial charge in [-0.25, -0.2) is 13.6 Å². The standard InChI is InChI=1S/C35H38ClF5N6O9/c36-21-7-18(48)6-19(23(21)35(39,40)41)25-24(38)26-20(9-42-25)30(44-32(43-26)55-14-34-4-1-5-46(34)10-15(37)8-34)45-11-16-2-3-17(12-45)47(16)33(53)54-13-22-27(49)28(50)29(51)31(52)56-22/h6-7,9,15-17,22,27-29,31,48-52H,1-5,8,10-14H2/t15-,16?,17?,22-,27+,28+,29-,31?,34+/m1/s1. The molecule has 21 heteroatoms. The minimum Gasteiger partial charge on any atom is -0.508 e. The van der Waals surface area contributed by atoms with E-state index in [2.05, 4.69) is 15.0 Å². The molecule has 0 saturated carbocycles. The van der Waals surface area contributed by atoms with E-state index >= 15 is 4.39 Å². The molecule has 0 aliphatic carbocycles. The molecule has 5 aliphatic rings. The van der Waals surface area contributed by atoms with Crippen LogP contribution in [0.15, 0.2) is 18.3 Å². The highest BCUT2D eigenvalue weighted by Gasteiger charge is 2.50. The van der Waals surface area contributed by atoms with Gasteiger partial charge in [-0.2, -0.15) is 23.1 Å². The number of carbonyl (C=O) groups excluding carboxylic acids is 1. The second-order valence-electron chi connectivity index (χ2n) is 15.0. The molecule has 3 aromatic rings. The smallest absolute Gasteiger partial charge is 0.418 e. The maximum Gasteiger partial charge on any atom is 0.418 e. The normalized spacial score (nSPS) is 32.0. The number of phenolic OH excluding ortho intramolecular Hbond substituents is 1. The van der Waals surface area contributed by atoms with Crippen molar-refractivity contribution in [2.75, 3.05) is 44.3 Å². The van der Waals surface area contributed by atoms with Crippen LogP contribution in [-0.2, 0) is 15.7 Å². The van der Waals surface area contributed by atoms with Gasteiger partial charge >= 0.3 is 18.3 Å². The molecule has 15 nitrogen and oxygen atoms in total. The van der Waals surface area contributed by atoms with Gasteiger partial charge in [-0.15, -0.1) is 0 Å². The number of amides is 1. The largest absolute Gasteiger partial charge is 0.508 e. The van der Waals surface area contributed by atoms with Gasteiger partial charge in [0, 0.05) is 37.8 Å². The molecule has 56 heavy (non-hydrogen) atoms. The predicted molar refractivity (Wildman–Crippen MR) is 184 cm³/mol. The van der Waals surface area contributed by atoms with Crippen LogP contribution in [0.4, 0.5) is 32.6 Å². The van der Waals surface area contributed by atoms with E-state index in [0.29, 0.717) is 37.9 Å². The molecule has 0 radical (unpaired) electrons. The van der Waals surface area contributed by atoms with Crippen LogP contribution in [0.1, 0.15) is 37.7 Å². The highest BCUT2D eigenvalue weighted by atomic mass is 35.5. The number of aliphatic hydroxyl groups is 4. The van der Waals surface area contributed by atoms with Crippen molar-refractivity contribution in [3.8, 4) is 23.0 Å². The minimum atomic E-state index is -5.05. The molecule has 1 amide bonds.